The second kappa shape index (κ2) is 3.94. The number of fused-ring (bicyclic) bond motifs is 1. The zero-order valence-electron chi connectivity index (χ0n) is 11.1. The maximum absolute atomic E-state index is 9.83. The van der Waals surface area contributed by atoms with Crippen molar-refractivity contribution in [2.75, 3.05) is 6.61 Å². The van der Waals surface area contributed by atoms with Crippen LogP contribution in [0, 0.1) is 11.8 Å². The molecule has 3 aliphatic rings. The SMILES string of the molecule is C[C@@H]1C2c3ccccc3C(c3ccccc32)[C@H]1CO. The van der Waals surface area contributed by atoms with E-state index in [9.17, 15) is 5.11 Å². The van der Waals surface area contributed by atoms with Crippen LogP contribution >= 0.6 is 0 Å². The topological polar surface area (TPSA) is 20.2 Å². The van der Waals surface area contributed by atoms with E-state index in [1.54, 1.807) is 0 Å². The van der Waals surface area contributed by atoms with Gasteiger partial charge in [0.2, 0.25) is 0 Å². The van der Waals surface area contributed by atoms with Gasteiger partial charge in [0.05, 0.1) is 0 Å². The molecule has 2 aromatic carbocycles. The first-order chi connectivity index (χ1) is 9.33. The molecule has 1 nitrogen and oxygen atoms in total. The van der Waals surface area contributed by atoms with Crippen molar-refractivity contribution >= 4 is 0 Å². The Labute approximate surface area is 113 Å². The first-order valence-electron chi connectivity index (χ1n) is 7.11. The van der Waals surface area contributed by atoms with Crippen molar-refractivity contribution in [1.82, 2.24) is 0 Å². The number of hydrogen-bond donors (Lipinski definition) is 1. The largest absolute Gasteiger partial charge is 0.396 e. The van der Waals surface area contributed by atoms with E-state index in [4.69, 9.17) is 0 Å². The van der Waals surface area contributed by atoms with Crippen LogP contribution < -0.4 is 0 Å². The fourth-order valence-electron chi connectivity index (χ4n) is 4.34. The van der Waals surface area contributed by atoms with Gasteiger partial charge >= 0.3 is 0 Å². The normalized spacial score (nSPS) is 30.8. The highest BCUT2D eigenvalue weighted by Gasteiger charge is 2.47. The summed E-state index contributed by atoms with van der Waals surface area (Å²) in [5.74, 6) is 1.70. The highest BCUT2D eigenvalue weighted by atomic mass is 16.3. The van der Waals surface area contributed by atoms with Gasteiger partial charge in [-0.3, -0.25) is 0 Å². The predicted octanol–water partition coefficient (Wildman–Crippen LogP) is 3.52. The zero-order valence-corrected chi connectivity index (χ0v) is 11.1. The van der Waals surface area contributed by atoms with Crippen LogP contribution in [0.2, 0.25) is 0 Å². The van der Waals surface area contributed by atoms with Crippen molar-refractivity contribution in [3.8, 4) is 0 Å². The van der Waals surface area contributed by atoms with Crippen LogP contribution in [0.4, 0.5) is 0 Å². The lowest BCUT2D eigenvalue weighted by atomic mass is 9.55. The highest BCUT2D eigenvalue weighted by molar-refractivity contribution is 5.56. The van der Waals surface area contributed by atoms with Crippen LogP contribution in [-0.2, 0) is 0 Å². The summed E-state index contributed by atoms with van der Waals surface area (Å²) in [6.45, 7) is 2.58. The molecule has 0 saturated heterocycles. The van der Waals surface area contributed by atoms with Crippen molar-refractivity contribution in [1.29, 1.82) is 0 Å². The summed E-state index contributed by atoms with van der Waals surface area (Å²) in [7, 11) is 0. The summed E-state index contributed by atoms with van der Waals surface area (Å²) < 4.78 is 0. The van der Waals surface area contributed by atoms with Crippen LogP contribution in [0.5, 0.6) is 0 Å². The summed E-state index contributed by atoms with van der Waals surface area (Å²) in [5.41, 5.74) is 5.82. The molecular formula is C18H18O. The van der Waals surface area contributed by atoms with Crippen molar-refractivity contribution in [2.45, 2.75) is 18.8 Å². The van der Waals surface area contributed by atoms with Crippen molar-refractivity contribution in [3.63, 3.8) is 0 Å². The third kappa shape index (κ3) is 1.34. The Bertz CT molecular complexity index is 584. The Balaban J connectivity index is 2.03. The van der Waals surface area contributed by atoms with Crippen LogP contribution in [0.15, 0.2) is 48.5 Å². The minimum absolute atomic E-state index is 0.283. The van der Waals surface area contributed by atoms with Gasteiger partial charge in [-0.15, -0.1) is 0 Å². The molecule has 0 fully saturated rings. The summed E-state index contributed by atoms with van der Waals surface area (Å²) in [4.78, 5) is 0. The minimum atomic E-state index is 0.283. The number of hydrogen-bond acceptors (Lipinski definition) is 1. The molecule has 0 unspecified atom stereocenters. The van der Waals surface area contributed by atoms with E-state index in [1.807, 2.05) is 0 Å². The molecule has 5 rings (SSSR count). The van der Waals surface area contributed by atoms with Gasteiger partial charge in [-0.05, 0) is 34.1 Å². The Morgan fingerprint density at radius 2 is 1.21 bits per heavy atom. The number of aliphatic hydroxyl groups is 1. The highest BCUT2D eigenvalue weighted by Crippen LogP contribution is 2.57. The summed E-state index contributed by atoms with van der Waals surface area (Å²) >= 11 is 0. The Kier molecular flexibility index (Phi) is 2.33. The molecule has 1 heteroatoms. The molecule has 0 aromatic heterocycles. The van der Waals surface area contributed by atoms with Gasteiger partial charge in [0.15, 0.2) is 0 Å². The molecular weight excluding hydrogens is 232 g/mol. The second-order valence-corrected chi connectivity index (χ2v) is 5.92. The lowest BCUT2D eigenvalue weighted by molar-refractivity contribution is 0.138. The molecule has 0 amide bonds. The number of benzene rings is 2. The van der Waals surface area contributed by atoms with Crippen molar-refractivity contribution in [2.24, 2.45) is 11.8 Å². The fraction of sp³-hybridized carbons (Fsp3) is 0.333. The number of aliphatic hydroxyl groups excluding tert-OH is 1. The average molecular weight is 250 g/mol. The lowest BCUT2D eigenvalue weighted by Crippen LogP contribution is -2.40. The minimum Gasteiger partial charge on any atom is -0.396 e. The van der Waals surface area contributed by atoms with E-state index in [0.717, 1.165) is 0 Å². The van der Waals surface area contributed by atoms with Crippen LogP contribution in [0.3, 0.4) is 0 Å². The van der Waals surface area contributed by atoms with Crippen molar-refractivity contribution in [3.05, 3.63) is 70.8 Å². The van der Waals surface area contributed by atoms with Gasteiger partial charge in [-0.1, -0.05) is 55.5 Å². The Morgan fingerprint density at radius 1 is 0.789 bits per heavy atom. The first kappa shape index (κ1) is 11.2. The average Bonchev–Trinajstić information content (AvgIpc) is 2.47. The third-order valence-electron chi connectivity index (χ3n) is 5.17. The monoisotopic (exact) mass is 250 g/mol. The molecule has 96 valence electrons. The summed E-state index contributed by atoms with van der Waals surface area (Å²) in [6, 6.07) is 17.6. The predicted molar refractivity (Wildman–Crippen MR) is 76.3 cm³/mol. The van der Waals surface area contributed by atoms with Crippen LogP contribution in [-0.4, -0.2) is 11.7 Å². The molecule has 0 saturated carbocycles. The standard InChI is InChI=1S/C18H18O/c1-11-16(10-19)18-14-8-4-2-6-12(14)17(11)13-7-3-5-9-15(13)18/h2-9,11,16-19H,10H2,1H3/t11-,16-,17?,18?/m0/s1. The molecule has 2 aromatic rings. The third-order valence-corrected chi connectivity index (χ3v) is 5.17. The molecule has 2 bridgehead atoms. The van der Waals surface area contributed by atoms with Gasteiger partial charge < -0.3 is 5.11 Å². The molecule has 2 atom stereocenters. The van der Waals surface area contributed by atoms with E-state index < -0.39 is 0 Å². The van der Waals surface area contributed by atoms with E-state index >= 15 is 0 Å². The molecule has 0 heterocycles. The quantitative estimate of drug-likeness (QED) is 0.821. The first-order valence-corrected chi connectivity index (χ1v) is 7.11. The summed E-state index contributed by atoms with van der Waals surface area (Å²) in [5, 5.41) is 9.83. The Hall–Kier alpha value is -1.60. The molecule has 19 heavy (non-hydrogen) atoms. The molecule has 3 aliphatic carbocycles. The summed E-state index contributed by atoms with van der Waals surface area (Å²) in [6.07, 6.45) is 0. The Morgan fingerprint density at radius 3 is 1.63 bits per heavy atom. The molecule has 0 radical (unpaired) electrons. The van der Waals surface area contributed by atoms with E-state index in [0.29, 0.717) is 23.7 Å². The van der Waals surface area contributed by atoms with Crippen molar-refractivity contribution < 1.29 is 5.11 Å². The zero-order chi connectivity index (χ0) is 13.0. The molecule has 0 spiro atoms. The molecule has 0 aliphatic heterocycles. The smallest absolute Gasteiger partial charge is 0.0471 e. The van der Waals surface area contributed by atoms with Gasteiger partial charge in [0, 0.05) is 18.4 Å². The van der Waals surface area contributed by atoms with Crippen LogP contribution in [0.1, 0.15) is 41.0 Å². The maximum atomic E-state index is 9.83. The van der Waals surface area contributed by atoms with Gasteiger partial charge in [0.1, 0.15) is 0 Å². The van der Waals surface area contributed by atoms with E-state index in [-0.39, 0.29) is 6.61 Å². The van der Waals surface area contributed by atoms with E-state index in [1.165, 1.54) is 22.3 Å². The van der Waals surface area contributed by atoms with E-state index in [2.05, 4.69) is 55.5 Å². The van der Waals surface area contributed by atoms with Gasteiger partial charge in [-0.2, -0.15) is 0 Å². The maximum Gasteiger partial charge on any atom is 0.0471 e. The fourth-order valence-corrected chi connectivity index (χ4v) is 4.34. The lowest BCUT2D eigenvalue weighted by Gasteiger charge is -2.49. The van der Waals surface area contributed by atoms with Crippen LogP contribution in [0.25, 0.3) is 0 Å². The van der Waals surface area contributed by atoms with Gasteiger partial charge in [-0.25, -0.2) is 0 Å². The van der Waals surface area contributed by atoms with Gasteiger partial charge in [0.25, 0.3) is 0 Å². The number of rotatable bonds is 1. The second-order valence-electron chi connectivity index (χ2n) is 5.92. The molecule has 1 N–H and O–H groups in total.